The number of thioether (sulfide) groups is 1. The molecule has 0 radical (unpaired) electrons. The highest BCUT2D eigenvalue weighted by atomic mass is 32.2. The Hall–Kier alpha value is -1.53. The second-order valence-corrected chi connectivity index (χ2v) is 12.8. The van der Waals surface area contributed by atoms with Crippen molar-refractivity contribution in [1.29, 1.82) is 0 Å². The van der Waals surface area contributed by atoms with Crippen LogP contribution in [0.3, 0.4) is 0 Å². The van der Waals surface area contributed by atoms with E-state index in [0.717, 1.165) is 30.4 Å². The Morgan fingerprint density at radius 3 is 2.21 bits per heavy atom. The first-order valence-electron chi connectivity index (χ1n) is 11.6. The first-order chi connectivity index (χ1) is 15.2. The number of hydrogen-bond donors (Lipinski definition) is 0. The van der Waals surface area contributed by atoms with Gasteiger partial charge in [0.05, 0.1) is 0 Å². The van der Waals surface area contributed by atoms with Gasteiger partial charge in [-0.2, -0.15) is 0 Å². The molecule has 0 atom stereocenters. The summed E-state index contributed by atoms with van der Waals surface area (Å²) in [5.74, 6) is 0.558. The molecule has 0 aromatic heterocycles. The highest BCUT2D eigenvalue weighted by molar-refractivity contribution is 8.02. The van der Waals surface area contributed by atoms with Crippen molar-refractivity contribution in [3.8, 4) is 5.75 Å². The minimum absolute atomic E-state index is 0.143. The van der Waals surface area contributed by atoms with Gasteiger partial charge in [0.15, 0.2) is 15.8 Å². The van der Waals surface area contributed by atoms with Gasteiger partial charge in [0, 0.05) is 23.5 Å². The molecular formula is C27H42O4S2. The molecule has 0 bridgehead atoms. The van der Waals surface area contributed by atoms with E-state index in [1.165, 1.54) is 16.7 Å². The Labute approximate surface area is 206 Å². The fourth-order valence-corrected chi connectivity index (χ4v) is 5.33. The summed E-state index contributed by atoms with van der Waals surface area (Å²) in [7, 11) is -3.20. The SMILES string of the molecule is CCC(CC)(/C(=C/C(C)=C/CCC(=O)C(C)(C)C)SC)c1ccc(OCS(C)(=O)=O)c(C)c1. The lowest BCUT2D eigenvalue weighted by Crippen LogP contribution is -2.26. The van der Waals surface area contributed by atoms with Gasteiger partial charge in [-0.25, -0.2) is 8.42 Å². The van der Waals surface area contributed by atoms with Gasteiger partial charge in [-0.3, -0.25) is 4.79 Å². The molecule has 0 unspecified atom stereocenters. The van der Waals surface area contributed by atoms with E-state index in [2.05, 4.69) is 51.3 Å². The molecule has 1 aromatic carbocycles. The lowest BCUT2D eigenvalue weighted by Gasteiger charge is -2.35. The number of carbonyl (C=O) groups is 1. The maximum atomic E-state index is 12.2. The number of ketones is 1. The van der Waals surface area contributed by atoms with Gasteiger partial charge < -0.3 is 4.74 Å². The van der Waals surface area contributed by atoms with E-state index in [-0.39, 0.29) is 22.6 Å². The Balaban J connectivity index is 3.24. The molecule has 0 heterocycles. The number of benzene rings is 1. The van der Waals surface area contributed by atoms with Gasteiger partial charge in [0.2, 0.25) is 0 Å². The number of allylic oxidation sites excluding steroid dienone is 4. The molecule has 6 heteroatoms. The number of Topliss-reactive ketones (excluding diaryl/α,β-unsaturated/α-hetero) is 1. The molecule has 0 amide bonds. The van der Waals surface area contributed by atoms with Crippen LogP contribution in [0, 0.1) is 12.3 Å². The molecule has 0 saturated heterocycles. The topological polar surface area (TPSA) is 60.4 Å². The van der Waals surface area contributed by atoms with Crippen molar-refractivity contribution in [1.82, 2.24) is 0 Å². The van der Waals surface area contributed by atoms with Crippen molar-refractivity contribution >= 4 is 27.4 Å². The van der Waals surface area contributed by atoms with Crippen molar-refractivity contribution in [3.05, 3.63) is 52.0 Å². The fraction of sp³-hybridized carbons (Fsp3) is 0.593. The maximum Gasteiger partial charge on any atom is 0.188 e. The number of hydrogen-bond acceptors (Lipinski definition) is 5. The molecule has 4 nitrogen and oxygen atoms in total. The largest absolute Gasteiger partial charge is 0.478 e. The molecule has 1 rings (SSSR count). The van der Waals surface area contributed by atoms with Crippen LogP contribution >= 0.6 is 11.8 Å². The van der Waals surface area contributed by atoms with Gasteiger partial charge in [0.25, 0.3) is 0 Å². The average Bonchev–Trinajstić information content (AvgIpc) is 2.72. The van der Waals surface area contributed by atoms with E-state index in [0.29, 0.717) is 12.2 Å². The second-order valence-electron chi connectivity index (χ2n) is 9.83. The summed E-state index contributed by atoms with van der Waals surface area (Å²) < 4.78 is 28.5. The first kappa shape index (κ1) is 29.5. The van der Waals surface area contributed by atoms with Gasteiger partial charge in [0.1, 0.15) is 11.5 Å². The molecule has 0 spiro atoms. The minimum Gasteiger partial charge on any atom is -0.478 e. The van der Waals surface area contributed by atoms with Gasteiger partial charge >= 0.3 is 0 Å². The highest BCUT2D eigenvalue weighted by Crippen LogP contribution is 2.45. The van der Waals surface area contributed by atoms with E-state index in [1.807, 2.05) is 33.8 Å². The Bertz CT molecular complexity index is 976. The third kappa shape index (κ3) is 8.64. The molecule has 0 aliphatic rings. The van der Waals surface area contributed by atoms with Crippen LogP contribution in [0.15, 0.2) is 40.8 Å². The zero-order valence-electron chi connectivity index (χ0n) is 21.9. The summed E-state index contributed by atoms with van der Waals surface area (Å²) in [5, 5.41) is 0. The van der Waals surface area contributed by atoms with Crippen LogP contribution in [0.5, 0.6) is 5.75 Å². The van der Waals surface area contributed by atoms with Gasteiger partial charge in [-0.15, -0.1) is 11.8 Å². The zero-order chi connectivity index (χ0) is 25.4. The van der Waals surface area contributed by atoms with Crippen molar-refractivity contribution < 1.29 is 17.9 Å². The van der Waals surface area contributed by atoms with Crippen LogP contribution < -0.4 is 4.74 Å². The first-order valence-corrected chi connectivity index (χ1v) is 14.9. The van der Waals surface area contributed by atoms with E-state index in [1.54, 1.807) is 11.8 Å². The second kappa shape index (κ2) is 12.3. The standard InChI is InChI=1S/C27H42O4S2/c1-10-27(11-2,22-15-16-23(21(4)18-22)31-19-33(9,29)30)25(32-8)17-20(3)13-12-14-24(28)26(5,6)7/h13,15-18H,10-12,14,19H2,1-9H3/b20-13+,25-17-. The van der Waals surface area contributed by atoms with Gasteiger partial charge in [-0.1, -0.05) is 58.4 Å². The zero-order valence-corrected chi connectivity index (χ0v) is 23.5. The van der Waals surface area contributed by atoms with Crippen molar-refractivity contribution in [2.75, 3.05) is 18.5 Å². The molecule has 0 aliphatic carbocycles. The summed E-state index contributed by atoms with van der Waals surface area (Å²) in [6.07, 6.45) is 10.9. The Morgan fingerprint density at radius 2 is 1.76 bits per heavy atom. The van der Waals surface area contributed by atoms with Crippen LogP contribution in [0.2, 0.25) is 0 Å². The molecule has 0 fully saturated rings. The summed E-state index contributed by atoms with van der Waals surface area (Å²) >= 11 is 1.76. The van der Waals surface area contributed by atoms with E-state index < -0.39 is 9.84 Å². The highest BCUT2D eigenvalue weighted by Gasteiger charge is 2.33. The van der Waals surface area contributed by atoms with Crippen molar-refractivity contribution in [2.24, 2.45) is 5.41 Å². The predicted molar refractivity (Wildman–Crippen MR) is 143 cm³/mol. The van der Waals surface area contributed by atoms with Crippen LogP contribution in [-0.4, -0.2) is 32.7 Å². The van der Waals surface area contributed by atoms with Crippen LogP contribution in [0.25, 0.3) is 0 Å². The number of aryl methyl sites for hydroxylation is 1. The monoisotopic (exact) mass is 494 g/mol. The van der Waals surface area contributed by atoms with Crippen molar-refractivity contribution in [2.45, 2.75) is 79.6 Å². The predicted octanol–water partition coefficient (Wildman–Crippen LogP) is 7.02. The van der Waals surface area contributed by atoms with Gasteiger partial charge in [-0.05, 0) is 67.5 Å². The van der Waals surface area contributed by atoms with E-state index in [4.69, 9.17) is 4.74 Å². The molecule has 186 valence electrons. The maximum absolute atomic E-state index is 12.2. The number of ether oxygens (including phenoxy) is 1. The summed E-state index contributed by atoms with van der Waals surface area (Å²) in [6, 6.07) is 6.06. The third-order valence-corrected chi connectivity index (χ3v) is 7.58. The molecule has 1 aromatic rings. The molecular weight excluding hydrogens is 452 g/mol. The molecule has 0 N–H and O–H groups in total. The number of rotatable bonds is 12. The van der Waals surface area contributed by atoms with E-state index in [9.17, 15) is 13.2 Å². The third-order valence-electron chi connectivity index (χ3n) is 6.09. The lowest BCUT2D eigenvalue weighted by atomic mass is 9.74. The van der Waals surface area contributed by atoms with Crippen LogP contribution in [0.1, 0.15) is 78.4 Å². The van der Waals surface area contributed by atoms with Crippen LogP contribution in [-0.2, 0) is 20.0 Å². The van der Waals surface area contributed by atoms with Crippen LogP contribution in [0.4, 0.5) is 0 Å². The molecule has 33 heavy (non-hydrogen) atoms. The molecule has 0 aliphatic heterocycles. The quantitative estimate of drug-likeness (QED) is 0.292. The molecule has 0 saturated carbocycles. The lowest BCUT2D eigenvalue weighted by molar-refractivity contribution is -0.126. The van der Waals surface area contributed by atoms with E-state index >= 15 is 0 Å². The van der Waals surface area contributed by atoms with Crippen molar-refractivity contribution in [3.63, 3.8) is 0 Å². The summed E-state index contributed by atoms with van der Waals surface area (Å²) in [5.41, 5.74) is 2.85. The smallest absolute Gasteiger partial charge is 0.188 e. The normalized spacial score (nSPS) is 13.8. The fourth-order valence-electron chi connectivity index (χ4n) is 3.89. The number of carbonyl (C=O) groups excluding carboxylic acids is 1. The average molecular weight is 495 g/mol. The Kier molecular flexibility index (Phi) is 11.0. The summed E-state index contributed by atoms with van der Waals surface area (Å²) in [4.78, 5) is 13.5. The number of sulfone groups is 1. The summed E-state index contributed by atoms with van der Waals surface area (Å²) in [6.45, 7) is 14.4. The minimum atomic E-state index is -3.20. The Morgan fingerprint density at radius 1 is 1.15 bits per heavy atom.